The van der Waals surface area contributed by atoms with E-state index >= 15 is 0 Å². The molecule has 9 nitrogen and oxygen atoms in total. The number of ether oxygens (including phenoxy) is 2. The molecule has 5 aromatic rings. The number of allylic oxidation sites excluding steroid dienone is 1. The van der Waals surface area contributed by atoms with Crippen LogP contribution in [0.1, 0.15) is 31.0 Å². The fourth-order valence-electron chi connectivity index (χ4n) is 4.91. The quantitative estimate of drug-likeness (QED) is 0.210. The van der Waals surface area contributed by atoms with E-state index in [0.29, 0.717) is 59.1 Å². The maximum absolute atomic E-state index is 13.8. The fraction of sp³-hybridized carbons (Fsp3) is 0.152. The summed E-state index contributed by atoms with van der Waals surface area (Å²) in [6, 6.07) is 26.0. The number of anilines is 2. The van der Waals surface area contributed by atoms with Crippen LogP contribution in [-0.4, -0.2) is 32.3 Å². The average molecular weight is 577 g/mol. The molecule has 10 heteroatoms. The maximum atomic E-state index is 13.8. The Morgan fingerprint density at radius 3 is 2.51 bits per heavy atom. The van der Waals surface area contributed by atoms with Crippen molar-refractivity contribution in [1.82, 2.24) is 19.7 Å². The second-order valence-corrected chi connectivity index (χ2v) is 9.86. The van der Waals surface area contributed by atoms with Gasteiger partial charge >= 0.3 is 0 Å². The number of amides is 1. The first-order chi connectivity index (χ1) is 21.0. The van der Waals surface area contributed by atoms with Crippen LogP contribution in [0.5, 0.6) is 11.5 Å². The number of fused-ring (bicyclic) bond motifs is 1. The lowest BCUT2D eigenvalue weighted by Gasteiger charge is -2.29. The van der Waals surface area contributed by atoms with Gasteiger partial charge in [0.15, 0.2) is 17.3 Å². The van der Waals surface area contributed by atoms with Gasteiger partial charge in [0.1, 0.15) is 24.3 Å². The summed E-state index contributed by atoms with van der Waals surface area (Å²) in [4.78, 5) is 22.7. The lowest BCUT2D eigenvalue weighted by atomic mass is 9.94. The number of nitrogens with one attached hydrogen (secondary N) is 2. The molecule has 1 aliphatic rings. The van der Waals surface area contributed by atoms with E-state index in [0.717, 1.165) is 11.1 Å². The summed E-state index contributed by atoms with van der Waals surface area (Å²) in [6.07, 6.45) is 1.61. The van der Waals surface area contributed by atoms with Crippen LogP contribution in [0.15, 0.2) is 108 Å². The molecule has 6 rings (SSSR count). The third-order valence-corrected chi connectivity index (χ3v) is 6.93. The standard InChI is InChI=1S/C33H29FN6O3/c1-3-42-27-19-24(14-17-26(27)43-20-22-9-5-4-6-10-22)30-29(32(41)37-28-11-7-8-18-35-28)21(2)36-33-38-31(39-40(30)33)23-12-15-25(34)16-13-23/h4-19,30H,3,20H2,1-2H3,(H,35,37,41)(H,36,38,39). The SMILES string of the molecule is CCOc1cc(C2C(C(=O)Nc3ccccn3)=C(C)Nc3nc(-c4ccc(F)cc4)nn32)ccc1OCc1ccccc1. The van der Waals surface area contributed by atoms with Crippen molar-refractivity contribution >= 4 is 17.7 Å². The van der Waals surface area contributed by atoms with E-state index in [4.69, 9.17) is 14.6 Å². The molecule has 0 saturated heterocycles. The van der Waals surface area contributed by atoms with E-state index in [9.17, 15) is 9.18 Å². The molecule has 3 aromatic carbocycles. The van der Waals surface area contributed by atoms with Crippen LogP contribution in [0.4, 0.5) is 16.2 Å². The fourth-order valence-corrected chi connectivity index (χ4v) is 4.91. The van der Waals surface area contributed by atoms with Gasteiger partial charge < -0.3 is 20.1 Å². The van der Waals surface area contributed by atoms with Gasteiger partial charge in [-0.25, -0.2) is 14.1 Å². The lowest BCUT2D eigenvalue weighted by molar-refractivity contribution is -0.113. The lowest BCUT2D eigenvalue weighted by Crippen LogP contribution is -2.31. The zero-order chi connectivity index (χ0) is 29.8. The molecule has 0 radical (unpaired) electrons. The highest BCUT2D eigenvalue weighted by Gasteiger charge is 2.35. The van der Waals surface area contributed by atoms with Crippen molar-refractivity contribution in [3.05, 3.63) is 125 Å². The molecule has 0 spiro atoms. The molecule has 216 valence electrons. The summed E-state index contributed by atoms with van der Waals surface area (Å²) in [5.41, 5.74) is 3.43. The zero-order valence-electron chi connectivity index (χ0n) is 23.6. The molecular formula is C33H29FN6O3. The van der Waals surface area contributed by atoms with Crippen LogP contribution in [0.2, 0.25) is 0 Å². The normalized spacial score (nSPS) is 14.1. The Hall–Kier alpha value is -5.51. The van der Waals surface area contributed by atoms with E-state index in [1.807, 2.05) is 62.4 Å². The van der Waals surface area contributed by atoms with Gasteiger partial charge in [0.25, 0.3) is 5.91 Å². The minimum Gasteiger partial charge on any atom is -0.490 e. The maximum Gasteiger partial charge on any atom is 0.257 e. The van der Waals surface area contributed by atoms with Gasteiger partial charge in [0.05, 0.1) is 12.2 Å². The van der Waals surface area contributed by atoms with Crippen LogP contribution in [0.3, 0.4) is 0 Å². The van der Waals surface area contributed by atoms with Gasteiger partial charge in [-0.3, -0.25) is 4.79 Å². The number of carbonyl (C=O) groups excluding carboxylic acids is 1. The number of pyridine rings is 1. The number of rotatable bonds is 9. The Bertz CT molecular complexity index is 1770. The summed E-state index contributed by atoms with van der Waals surface area (Å²) in [5, 5.41) is 10.9. The number of aromatic nitrogens is 4. The molecule has 2 N–H and O–H groups in total. The van der Waals surface area contributed by atoms with Gasteiger partial charge in [0, 0.05) is 17.5 Å². The third kappa shape index (κ3) is 5.94. The highest BCUT2D eigenvalue weighted by molar-refractivity contribution is 6.05. The van der Waals surface area contributed by atoms with Crippen molar-refractivity contribution < 1.29 is 18.7 Å². The molecule has 3 heterocycles. The summed E-state index contributed by atoms with van der Waals surface area (Å²) in [6.45, 7) is 4.51. The first-order valence-electron chi connectivity index (χ1n) is 13.9. The van der Waals surface area contributed by atoms with Gasteiger partial charge in [-0.2, -0.15) is 4.98 Å². The minimum absolute atomic E-state index is 0.347. The molecule has 0 aliphatic carbocycles. The van der Waals surface area contributed by atoms with Crippen molar-refractivity contribution in [2.75, 3.05) is 17.2 Å². The van der Waals surface area contributed by atoms with E-state index in [-0.39, 0.29) is 11.7 Å². The largest absolute Gasteiger partial charge is 0.490 e. The number of hydrogen-bond acceptors (Lipinski definition) is 7. The van der Waals surface area contributed by atoms with Crippen molar-refractivity contribution in [1.29, 1.82) is 0 Å². The van der Waals surface area contributed by atoms with E-state index in [1.54, 1.807) is 41.2 Å². The Kier molecular flexibility index (Phi) is 7.82. The smallest absolute Gasteiger partial charge is 0.257 e. The number of hydrogen-bond donors (Lipinski definition) is 2. The molecule has 0 bridgehead atoms. The molecule has 43 heavy (non-hydrogen) atoms. The predicted octanol–water partition coefficient (Wildman–Crippen LogP) is 6.38. The van der Waals surface area contributed by atoms with Crippen LogP contribution >= 0.6 is 0 Å². The summed E-state index contributed by atoms with van der Waals surface area (Å²) in [5.74, 6) is 1.67. The molecule has 0 fully saturated rings. The number of benzene rings is 3. The summed E-state index contributed by atoms with van der Waals surface area (Å²) in [7, 11) is 0. The number of halogens is 1. The van der Waals surface area contributed by atoms with Gasteiger partial charge in [-0.05, 0) is 73.5 Å². The van der Waals surface area contributed by atoms with Gasteiger partial charge in [-0.1, -0.05) is 42.5 Å². The van der Waals surface area contributed by atoms with Gasteiger partial charge in [0.2, 0.25) is 5.95 Å². The highest BCUT2D eigenvalue weighted by atomic mass is 19.1. The van der Waals surface area contributed by atoms with Crippen molar-refractivity contribution in [3.8, 4) is 22.9 Å². The molecule has 0 saturated carbocycles. The van der Waals surface area contributed by atoms with Crippen LogP contribution in [0, 0.1) is 5.82 Å². The molecular weight excluding hydrogens is 547 g/mol. The second kappa shape index (κ2) is 12.2. The minimum atomic E-state index is -0.677. The third-order valence-electron chi connectivity index (χ3n) is 6.93. The van der Waals surface area contributed by atoms with Crippen molar-refractivity contribution in [2.45, 2.75) is 26.5 Å². The molecule has 1 atom stereocenters. The Morgan fingerprint density at radius 1 is 0.977 bits per heavy atom. The number of nitrogens with zero attached hydrogens (tertiary/aromatic N) is 4. The molecule has 1 aliphatic heterocycles. The zero-order valence-corrected chi connectivity index (χ0v) is 23.6. The van der Waals surface area contributed by atoms with Crippen LogP contribution in [0.25, 0.3) is 11.4 Å². The van der Waals surface area contributed by atoms with Crippen molar-refractivity contribution in [2.24, 2.45) is 0 Å². The molecule has 1 amide bonds. The highest BCUT2D eigenvalue weighted by Crippen LogP contribution is 2.40. The topological polar surface area (TPSA) is 103 Å². The molecule has 2 aromatic heterocycles. The van der Waals surface area contributed by atoms with Crippen molar-refractivity contribution in [3.63, 3.8) is 0 Å². The van der Waals surface area contributed by atoms with E-state index in [2.05, 4.69) is 20.6 Å². The molecule has 1 unspecified atom stereocenters. The second-order valence-electron chi connectivity index (χ2n) is 9.86. The Morgan fingerprint density at radius 2 is 1.77 bits per heavy atom. The monoisotopic (exact) mass is 576 g/mol. The van der Waals surface area contributed by atoms with Crippen LogP contribution in [-0.2, 0) is 11.4 Å². The first-order valence-corrected chi connectivity index (χ1v) is 13.9. The van der Waals surface area contributed by atoms with E-state index < -0.39 is 6.04 Å². The average Bonchev–Trinajstić information content (AvgIpc) is 3.44. The van der Waals surface area contributed by atoms with Gasteiger partial charge in [-0.15, -0.1) is 5.10 Å². The Labute approximate surface area is 248 Å². The summed E-state index contributed by atoms with van der Waals surface area (Å²) >= 11 is 0. The van der Waals surface area contributed by atoms with Crippen LogP contribution < -0.4 is 20.1 Å². The Balaban J connectivity index is 1.41. The number of carbonyl (C=O) groups is 1. The summed E-state index contributed by atoms with van der Waals surface area (Å²) < 4.78 is 27.4. The predicted molar refractivity (Wildman–Crippen MR) is 161 cm³/mol. The first kappa shape index (κ1) is 27.6. The van der Waals surface area contributed by atoms with E-state index in [1.165, 1.54) is 12.1 Å².